The van der Waals surface area contributed by atoms with Gasteiger partial charge >= 0.3 is 0 Å². The standard InChI is InChI=1S/C11H18N2/c1-11(2,3)13-6-4-5-9-7-12-8-10(9)13/h7H,4-6,8H2,1-3H3. The van der Waals surface area contributed by atoms with Crippen LogP contribution in [0, 0.1) is 0 Å². The molecule has 2 nitrogen and oxygen atoms in total. The number of allylic oxidation sites excluding steroid dienone is 1. The lowest BCUT2D eigenvalue weighted by Crippen LogP contribution is -2.43. The van der Waals surface area contributed by atoms with Gasteiger partial charge in [0.2, 0.25) is 0 Å². The van der Waals surface area contributed by atoms with E-state index >= 15 is 0 Å². The summed E-state index contributed by atoms with van der Waals surface area (Å²) in [5, 5.41) is 0. The molecule has 2 aliphatic rings. The van der Waals surface area contributed by atoms with E-state index in [1.165, 1.54) is 30.7 Å². The Bertz CT molecular complexity index is 268. The molecule has 2 heterocycles. The SMILES string of the molecule is CC(C)(C)N1CCCC2=C1CN=C2. The predicted octanol–water partition coefficient (Wildman–Crippen LogP) is 2.22. The molecule has 0 fully saturated rings. The quantitative estimate of drug-likeness (QED) is 0.555. The molecule has 0 unspecified atom stereocenters. The summed E-state index contributed by atoms with van der Waals surface area (Å²) >= 11 is 0. The molecule has 0 aliphatic carbocycles. The van der Waals surface area contributed by atoms with Gasteiger partial charge in [-0.25, -0.2) is 0 Å². The second-order valence-electron chi connectivity index (χ2n) is 4.87. The first-order valence-electron chi connectivity index (χ1n) is 5.08. The van der Waals surface area contributed by atoms with Gasteiger partial charge in [0, 0.05) is 24.0 Å². The van der Waals surface area contributed by atoms with Crippen molar-refractivity contribution in [3.8, 4) is 0 Å². The number of rotatable bonds is 0. The average molecular weight is 178 g/mol. The van der Waals surface area contributed by atoms with Crippen molar-refractivity contribution in [3.63, 3.8) is 0 Å². The molecule has 0 bridgehead atoms. The Morgan fingerprint density at radius 2 is 2.15 bits per heavy atom. The van der Waals surface area contributed by atoms with Crippen LogP contribution in [-0.2, 0) is 0 Å². The van der Waals surface area contributed by atoms with Gasteiger partial charge in [0.05, 0.1) is 6.54 Å². The summed E-state index contributed by atoms with van der Waals surface area (Å²) < 4.78 is 0. The Labute approximate surface area is 80.3 Å². The van der Waals surface area contributed by atoms with Gasteiger partial charge in [0.25, 0.3) is 0 Å². The van der Waals surface area contributed by atoms with Gasteiger partial charge in [-0.15, -0.1) is 0 Å². The van der Waals surface area contributed by atoms with Gasteiger partial charge in [0.15, 0.2) is 0 Å². The van der Waals surface area contributed by atoms with E-state index < -0.39 is 0 Å². The van der Waals surface area contributed by atoms with Gasteiger partial charge in [-0.05, 0) is 39.2 Å². The molecule has 0 spiro atoms. The fourth-order valence-electron chi connectivity index (χ4n) is 2.19. The maximum absolute atomic E-state index is 4.35. The summed E-state index contributed by atoms with van der Waals surface area (Å²) in [6.45, 7) is 8.95. The molecule has 0 saturated heterocycles. The number of nitrogens with zero attached hydrogens (tertiary/aromatic N) is 2. The van der Waals surface area contributed by atoms with E-state index in [0.717, 1.165) is 6.54 Å². The number of hydrogen-bond donors (Lipinski definition) is 0. The van der Waals surface area contributed by atoms with E-state index in [1.807, 2.05) is 0 Å². The fraction of sp³-hybridized carbons (Fsp3) is 0.727. The second kappa shape index (κ2) is 2.86. The number of hydrogen-bond acceptors (Lipinski definition) is 2. The smallest absolute Gasteiger partial charge is 0.0791 e. The highest BCUT2D eigenvalue weighted by Crippen LogP contribution is 2.30. The maximum atomic E-state index is 4.35. The molecule has 0 aromatic heterocycles. The van der Waals surface area contributed by atoms with Crippen LogP contribution in [0.15, 0.2) is 16.3 Å². The summed E-state index contributed by atoms with van der Waals surface area (Å²) in [6.07, 6.45) is 4.57. The third-order valence-corrected chi connectivity index (χ3v) is 2.82. The minimum Gasteiger partial charge on any atom is -0.368 e. The summed E-state index contributed by atoms with van der Waals surface area (Å²) in [5.74, 6) is 0. The Kier molecular flexibility index (Phi) is 1.94. The van der Waals surface area contributed by atoms with E-state index in [9.17, 15) is 0 Å². The summed E-state index contributed by atoms with van der Waals surface area (Å²) in [6, 6.07) is 0. The lowest BCUT2D eigenvalue weighted by atomic mass is 9.97. The molecule has 0 saturated carbocycles. The third-order valence-electron chi connectivity index (χ3n) is 2.82. The first kappa shape index (κ1) is 8.79. The van der Waals surface area contributed by atoms with Crippen LogP contribution >= 0.6 is 0 Å². The van der Waals surface area contributed by atoms with Crippen LogP contribution in [-0.4, -0.2) is 29.7 Å². The van der Waals surface area contributed by atoms with Gasteiger partial charge in [-0.3, -0.25) is 4.99 Å². The first-order chi connectivity index (χ1) is 6.09. The van der Waals surface area contributed by atoms with Gasteiger partial charge in [0.1, 0.15) is 0 Å². The Balaban J connectivity index is 2.27. The Hall–Kier alpha value is -0.790. The van der Waals surface area contributed by atoms with Crippen LogP contribution in [0.25, 0.3) is 0 Å². The van der Waals surface area contributed by atoms with Crippen molar-refractivity contribution in [1.82, 2.24) is 4.90 Å². The minimum absolute atomic E-state index is 0.259. The summed E-state index contributed by atoms with van der Waals surface area (Å²) in [7, 11) is 0. The van der Waals surface area contributed by atoms with Crippen molar-refractivity contribution < 1.29 is 0 Å². The summed E-state index contributed by atoms with van der Waals surface area (Å²) in [4.78, 5) is 6.86. The van der Waals surface area contributed by atoms with Gasteiger partial charge in [-0.2, -0.15) is 0 Å². The molecule has 13 heavy (non-hydrogen) atoms. The molecule has 72 valence electrons. The monoisotopic (exact) mass is 178 g/mol. The molecular formula is C11H18N2. The molecule has 0 atom stereocenters. The Morgan fingerprint density at radius 3 is 2.85 bits per heavy atom. The zero-order chi connectivity index (χ0) is 9.47. The lowest BCUT2D eigenvalue weighted by Gasteiger charge is -2.41. The van der Waals surface area contributed by atoms with E-state index in [0.29, 0.717) is 0 Å². The molecule has 0 radical (unpaired) electrons. The normalized spacial score (nSPS) is 22.5. The van der Waals surface area contributed by atoms with E-state index in [4.69, 9.17) is 0 Å². The number of aliphatic imine (C=N–C) groups is 1. The van der Waals surface area contributed by atoms with Crippen molar-refractivity contribution >= 4 is 6.21 Å². The Morgan fingerprint density at radius 1 is 1.38 bits per heavy atom. The third kappa shape index (κ3) is 1.50. The molecule has 0 aromatic rings. The molecule has 2 rings (SSSR count). The van der Waals surface area contributed by atoms with Crippen LogP contribution in [0.4, 0.5) is 0 Å². The van der Waals surface area contributed by atoms with Crippen molar-refractivity contribution in [2.24, 2.45) is 4.99 Å². The molecule has 0 N–H and O–H groups in total. The fourth-order valence-corrected chi connectivity index (χ4v) is 2.19. The topological polar surface area (TPSA) is 15.6 Å². The predicted molar refractivity (Wildman–Crippen MR) is 56.1 cm³/mol. The highest BCUT2D eigenvalue weighted by Gasteiger charge is 2.29. The van der Waals surface area contributed by atoms with Crippen molar-refractivity contribution in [3.05, 3.63) is 11.3 Å². The van der Waals surface area contributed by atoms with E-state index in [1.54, 1.807) is 0 Å². The minimum atomic E-state index is 0.259. The van der Waals surface area contributed by atoms with Crippen LogP contribution in [0.3, 0.4) is 0 Å². The van der Waals surface area contributed by atoms with E-state index in [2.05, 4.69) is 36.9 Å². The van der Waals surface area contributed by atoms with Crippen LogP contribution < -0.4 is 0 Å². The molecule has 0 aromatic carbocycles. The van der Waals surface area contributed by atoms with Crippen LogP contribution in [0.1, 0.15) is 33.6 Å². The van der Waals surface area contributed by atoms with Crippen molar-refractivity contribution in [2.75, 3.05) is 13.1 Å². The maximum Gasteiger partial charge on any atom is 0.0791 e. The van der Waals surface area contributed by atoms with Crippen LogP contribution in [0.5, 0.6) is 0 Å². The van der Waals surface area contributed by atoms with Crippen LogP contribution in [0.2, 0.25) is 0 Å². The highest BCUT2D eigenvalue weighted by molar-refractivity contribution is 5.82. The zero-order valence-corrected chi connectivity index (χ0v) is 8.80. The summed E-state index contributed by atoms with van der Waals surface area (Å²) in [5.41, 5.74) is 3.20. The van der Waals surface area contributed by atoms with Gasteiger partial charge in [-0.1, -0.05) is 0 Å². The molecule has 2 aliphatic heterocycles. The zero-order valence-electron chi connectivity index (χ0n) is 8.80. The van der Waals surface area contributed by atoms with Crippen molar-refractivity contribution in [2.45, 2.75) is 39.2 Å². The first-order valence-corrected chi connectivity index (χ1v) is 5.08. The molecule has 0 amide bonds. The lowest BCUT2D eigenvalue weighted by molar-refractivity contribution is 0.172. The van der Waals surface area contributed by atoms with E-state index in [-0.39, 0.29) is 5.54 Å². The average Bonchev–Trinajstić information content (AvgIpc) is 2.48. The molecule has 2 heteroatoms. The van der Waals surface area contributed by atoms with Crippen molar-refractivity contribution in [1.29, 1.82) is 0 Å². The van der Waals surface area contributed by atoms with Gasteiger partial charge < -0.3 is 4.90 Å². The highest BCUT2D eigenvalue weighted by atomic mass is 15.2. The largest absolute Gasteiger partial charge is 0.368 e. The second-order valence-corrected chi connectivity index (χ2v) is 4.87. The molecular weight excluding hydrogens is 160 g/mol.